The average Bonchev–Trinajstić information content (AvgIpc) is 3.19. The van der Waals surface area contributed by atoms with Gasteiger partial charge in [-0.15, -0.1) is 0 Å². The number of H-pyrrole nitrogens is 1. The second-order valence-corrected chi connectivity index (χ2v) is 5.52. The summed E-state index contributed by atoms with van der Waals surface area (Å²) in [5, 5.41) is 0. The summed E-state index contributed by atoms with van der Waals surface area (Å²) in [5.41, 5.74) is 1.33. The zero-order valence-corrected chi connectivity index (χ0v) is 14.5. The van der Waals surface area contributed by atoms with Crippen LogP contribution in [0, 0.1) is 13.8 Å². The Morgan fingerprint density at radius 1 is 1.24 bits per heavy atom. The minimum absolute atomic E-state index is 0.124. The van der Waals surface area contributed by atoms with E-state index in [9.17, 15) is 14.4 Å². The normalized spacial score (nSPS) is 10.4. The fourth-order valence-corrected chi connectivity index (χ4v) is 2.40. The maximum absolute atomic E-state index is 12.2. The van der Waals surface area contributed by atoms with Gasteiger partial charge >= 0.3 is 11.9 Å². The molecule has 0 aliphatic heterocycles. The summed E-state index contributed by atoms with van der Waals surface area (Å²) in [6, 6.07) is 3.47. The van der Waals surface area contributed by atoms with E-state index < -0.39 is 18.5 Å². The van der Waals surface area contributed by atoms with Crippen molar-refractivity contribution in [1.29, 1.82) is 0 Å². The Morgan fingerprint density at radius 2 is 1.96 bits per heavy atom. The summed E-state index contributed by atoms with van der Waals surface area (Å²) in [6.45, 7) is 3.12. The van der Waals surface area contributed by atoms with Crippen molar-refractivity contribution in [3.63, 3.8) is 0 Å². The number of carbonyl (C=O) groups is 3. The highest BCUT2D eigenvalue weighted by atomic mass is 16.5. The molecule has 0 atom stereocenters. The molecule has 134 valence electrons. The van der Waals surface area contributed by atoms with Crippen molar-refractivity contribution < 1.29 is 28.3 Å². The van der Waals surface area contributed by atoms with Gasteiger partial charge in [0, 0.05) is 12.7 Å². The molecular weight excluding hydrogens is 328 g/mol. The number of amides is 1. The topological polar surface area (TPSA) is 102 Å². The number of esters is 2. The van der Waals surface area contributed by atoms with Crippen molar-refractivity contribution >= 4 is 17.8 Å². The van der Waals surface area contributed by atoms with Crippen molar-refractivity contribution in [2.24, 2.45) is 0 Å². The lowest BCUT2D eigenvalue weighted by atomic mass is 10.1. The lowest BCUT2D eigenvalue weighted by Crippen LogP contribution is -2.30. The second kappa shape index (κ2) is 7.69. The van der Waals surface area contributed by atoms with Crippen molar-refractivity contribution in [3.05, 3.63) is 46.7 Å². The largest absolute Gasteiger partial charge is 0.467 e. The first-order valence-electron chi connectivity index (χ1n) is 7.56. The van der Waals surface area contributed by atoms with Gasteiger partial charge in [0.2, 0.25) is 0 Å². The number of methoxy groups -OCH3 is 1. The standard InChI is InChI=1S/C17H20N2O6/c1-10-14(16(21)23-4)11(2)18-15(10)17(22)25-9-13(20)19(3)8-12-6-5-7-24-12/h5-7,18H,8-9H2,1-4H3. The van der Waals surface area contributed by atoms with Crippen molar-refractivity contribution in [2.75, 3.05) is 20.8 Å². The SMILES string of the molecule is COC(=O)c1c(C)[nH]c(C(=O)OCC(=O)N(C)Cc2ccco2)c1C. The molecular formula is C17H20N2O6. The predicted molar refractivity (Wildman–Crippen MR) is 87.1 cm³/mol. The number of aromatic amines is 1. The quantitative estimate of drug-likeness (QED) is 0.799. The van der Waals surface area contributed by atoms with Crippen LogP contribution in [0.15, 0.2) is 22.8 Å². The van der Waals surface area contributed by atoms with Gasteiger partial charge in [-0.3, -0.25) is 4.79 Å². The van der Waals surface area contributed by atoms with Gasteiger partial charge in [-0.05, 0) is 31.5 Å². The van der Waals surface area contributed by atoms with Crippen LogP contribution in [0.4, 0.5) is 0 Å². The van der Waals surface area contributed by atoms with E-state index in [1.54, 1.807) is 33.0 Å². The minimum Gasteiger partial charge on any atom is -0.467 e. The molecule has 1 N–H and O–H groups in total. The molecule has 0 spiro atoms. The summed E-state index contributed by atoms with van der Waals surface area (Å²) in [4.78, 5) is 40.2. The highest BCUT2D eigenvalue weighted by Crippen LogP contribution is 2.19. The zero-order chi connectivity index (χ0) is 18.6. The van der Waals surface area contributed by atoms with Crippen LogP contribution in [0.25, 0.3) is 0 Å². The third kappa shape index (κ3) is 4.09. The number of nitrogens with one attached hydrogen (secondary N) is 1. The number of hydrogen-bond donors (Lipinski definition) is 1. The smallest absolute Gasteiger partial charge is 0.355 e. The number of furan rings is 1. The van der Waals surface area contributed by atoms with Crippen LogP contribution in [0.3, 0.4) is 0 Å². The molecule has 0 saturated heterocycles. The third-order valence-electron chi connectivity index (χ3n) is 3.76. The average molecular weight is 348 g/mol. The Hall–Kier alpha value is -3.03. The zero-order valence-electron chi connectivity index (χ0n) is 14.5. The van der Waals surface area contributed by atoms with E-state index in [2.05, 4.69) is 9.72 Å². The summed E-state index contributed by atoms with van der Waals surface area (Å²) in [6.07, 6.45) is 1.52. The van der Waals surface area contributed by atoms with E-state index >= 15 is 0 Å². The summed E-state index contributed by atoms with van der Waals surface area (Å²) in [7, 11) is 2.85. The van der Waals surface area contributed by atoms with Crippen LogP contribution < -0.4 is 0 Å². The maximum atomic E-state index is 12.2. The molecule has 0 bridgehead atoms. The molecule has 2 aromatic rings. The Balaban J connectivity index is 1.98. The highest BCUT2D eigenvalue weighted by molar-refractivity contribution is 5.99. The lowest BCUT2D eigenvalue weighted by molar-refractivity contribution is -0.134. The first-order valence-corrected chi connectivity index (χ1v) is 7.56. The molecule has 0 aliphatic carbocycles. The van der Waals surface area contributed by atoms with Gasteiger partial charge in [-0.2, -0.15) is 0 Å². The summed E-state index contributed by atoms with van der Waals surface area (Å²) >= 11 is 0. The number of carbonyl (C=O) groups excluding carboxylic acids is 3. The highest BCUT2D eigenvalue weighted by Gasteiger charge is 2.24. The van der Waals surface area contributed by atoms with Crippen LogP contribution in [0.2, 0.25) is 0 Å². The molecule has 8 heteroatoms. The minimum atomic E-state index is -0.712. The number of hydrogen-bond acceptors (Lipinski definition) is 6. The van der Waals surface area contributed by atoms with Crippen molar-refractivity contribution in [2.45, 2.75) is 20.4 Å². The van der Waals surface area contributed by atoms with E-state index in [1.165, 1.54) is 18.3 Å². The van der Waals surface area contributed by atoms with Crippen LogP contribution >= 0.6 is 0 Å². The maximum Gasteiger partial charge on any atom is 0.355 e. The molecule has 2 rings (SSSR count). The fourth-order valence-electron chi connectivity index (χ4n) is 2.40. The molecule has 2 aromatic heterocycles. The number of likely N-dealkylation sites (N-methyl/N-ethyl adjacent to an activating group) is 1. The molecule has 0 aromatic carbocycles. The lowest BCUT2D eigenvalue weighted by Gasteiger charge is -2.15. The first kappa shape index (κ1) is 18.3. The molecule has 0 saturated carbocycles. The number of ether oxygens (including phenoxy) is 2. The molecule has 1 amide bonds. The number of nitrogens with zero attached hydrogens (tertiary/aromatic N) is 1. The van der Waals surface area contributed by atoms with Crippen molar-refractivity contribution in [1.82, 2.24) is 9.88 Å². The van der Waals surface area contributed by atoms with E-state index in [4.69, 9.17) is 9.15 Å². The molecule has 0 aliphatic rings. The summed E-state index contributed by atoms with van der Waals surface area (Å²) < 4.78 is 14.9. The first-order chi connectivity index (χ1) is 11.8. The Bertz CT molecular complexity index is 775. The van der Waals surface area contributed by atoms with E-state index in [-0.39, 0.29) is 23.7 Å². The van der Waals surface area contributed by atoms with Gasteiger partial charge in [0.1, 0.15) is 11.5 Å². The molecule has 2 heterocycles. The van der Waals surface area contributed by atoms with Gasteiger partial charge in [0.05, 0.1) is 25.5 Å². The number of aromatic nitrogens is 1. The molecule has 0 radical (unpaired) electrons. The Morgan fingerprint density at radius 3 is 2.56 bits per heavy atom. The number of aryl methyl sites for hydroxylation is 1. The van der Waals surface area contributed by atoms with E-state index in [1.807, 2.05) is 0 Å². The second-order valence-electron chi connectivity index (χ2n) is 5.52. The molecule has 25 heavy (non-hydrogen) atoms. The van der Waals surface area contributed by atoms with Gasteiger partial charge in [0.25, 0.3) is 5.91 Å². The molecule has 0 unspecified atom stereocenters. The van der Waals surface area contributed by atoms with Gasteiger partial charge < -0.3 is 23.8 Å². The number of rotatable bonds is 6. The Labute approximate surface area is 144 Å². The molecule has 0 fully saturated rings. The fraction of sp³-hybridized carbons (Fsp3) is 0.353. The molecule has 8 nitrogen and oxygen atoms in total. The van der Waals surface area contributed by atoms with E-state index in [0.29, 0.717) is 17.0 Å². The van der Waals surface area contributed by atoms with Crippen molar-refractivity contribution in [3.8, 4) is 0 Å². The van der Waals surface area contributed by atoms with E-state index in [0.717, 1.165) is 0 Å². The third-order valence-corrected chi connectivity index (χ3v) is 3.76. The monoisotopic (exact) mass is 348 g/mol. The van der Waals surface area contributed by atoms with Crippen LogP contribution in [-0.2, 0) is 20.8 Å². The summed E-state index contributed by atoms with van der Waals surface area (Å²) in [5.74, 6) is -1.00. The van der Waals surface area contributed by atoms with Gasteiger partial charge in [-0.1, -0.05) is 0 Å². The van der Waals surface area contributed by atoms with Crippen LogP contribution in [0.1, 0.15) is 37.9 Å². The van der Waals surface area contributed by atoms with Gasteiger partial charge in [-0.25, -0.2) is 9.59 Å². The predicted octanol–water partition coefficient (Wildman–Crippen LogP) is 1.83. The van der Waals surface area contributed by atoms with Gasteiger partial charge in [0.15, 0.2) is 6.61 Å². The Kier molecular flexibility index (Phi) is 5.63. The van der Waals surface area contributed by atoms with Crippen LogP contribution in [-0.4, -0.2) is 48.5 Å². The van der Waals surface area contributed by atoms with Crippen LogP contribution in [0.5, 0.6) is 0 Å².